The molecular weight excluding hydrogens is 254 g/mol. The Morgan fingerprint density at radius 3 is 3.35 bits per heavy atom. The van der Waals surface area contributed by atoms with Crippen LogP contribution in [0.2, 0.25) is 5.02 Å². The molecule has 1 aromatic heterocycles. The number of hydrogen-bond donors (Lipinski definition) is 1. The molecule has 0 aromatic carbocycles. The van der Waals surface area contributed by atoms with Gasteiger partial charge in [0.1, 0.15) is 5.82 Å². The first-order valence-corrected chi connectivity index (χ1v) is 7.39. The second-order valence-electron chi connectivity index (χ2n) is 4.57. The van der Waals surface area contributed by atoms with E-state index in [-0.39, 0.29) is 0 Å². The second-order valence-corrected chi connectivity index (χ2v) is 6.11. The normalized spacial score (nSPS) is 23.9. The molecular formula is C12H16ClN3S. The molecule has 0 saturated carbocycles. The number of nitrogens with one attached hydrogen (secondary N) is 1. The van der Waals surface area contributed by atoms with E-state index < -0.39 is 0 Å². The van der Waals surface area contributed by atoms with Gasteiger partial charge in [-0.15, -0.1) is 11.8 Å². The van der Waals surface area contributed by atoms with Crippen molar-refractivity contribution < 1.29 is 0 Å². The minimum atomic E-state index is 0.588. The van der Waals surface area contributed by atoms with Crippen LogP contribution in [0.5, 0.6) is 0 Å². The highest BCUT2D eigenvalue weighted by Gasteiger charge is 2.28. The average molecular weight is 270 g/mol. The van der Waals surface area contributed by atoms with Crippen molar-refractivity contribution in [2.75, 3.05) is 30.3 Å². The summed E-state index contributed by atoms with van der Waals surface area (Å²) in [5.74, 6) is 2.29. The molecule has 0 bridgehead atoms. The molecule has 1 fully saturated rings. The van der Waals surface area contributed by atoms with Gasteiger partial charge in [0.25, 0.3) is 0 Å². The van der Waals surface area contributed by atoms with E-state index in [0.717, 1.165) is 41.9 Å². The van der Waals surface area contributed by atoms with E-state index in [1.54, 1.807) is 0 Å². The van der Waals surface area contributed by atoms with Gasteiger partial charge in [0.05, 0.1) is 15.6 Å². The standard InChI is InChI=1S/C12H16ClN3S/c1-8-10(13)6-11-12(15-8)16-4-3-14-7-9(16)2-5-17-11/h6,9,14H,2-5,7H2,1H3/t9-/m0/s1. The number of nitrogens with zero attached hydrogens (tertiary/aromatic N) is 2. The number of fused-ring (bicyclic) bond motifs is 3. The maximum atomic E-state index is 6.17. The number of pyridine rings is 1. The van der Waals surface area contributed by atoms with Gasteiger partial charge in [0.2, 0.25) is 0 Å². The zero-order valence-electron chi connectivity index (χ0n) is 9.87. The monoisotopic (exact) mass is 269 g/mol. The summed E-state index contributed by atoms with van der Waals surface area (Å²) < 4.78 is 0. The minimum Gasteiger partial charge on any atom is -0.350 e. The Kier molecular flexibility index (Phi) is 3.19. The van der Waals surface area contributed by atoms with Crippen LogP contribution in [0, 0.1) is 6.92 Å². The van der Waals surface area contributed by atoms with E-state index in [1.165, 1.54) is 11.3 Å². The highest BCUT2D eigenvalue weighted by molar-refractivity contribution is 7.99. The van der Waals surface area contributed by atoms with Gasteiger partial charge in [-0.25, -0.2) is 4.98 Å². The highest BCUT2D eigenvalue weighted by Crippen LogP contribution is 2.37. The molecule has 0 radical (unpaired) electrons. The van der Waals surface area contributed by atoms with Gasteiger partial charge in [-0.3, -0.25) is 0 Å². The number of hydrogen-bond acceptors (Lipinski definition) is 4. The Bertz CT molecular complexity index is 438. The molecule has 0 aliphatic carbocycles. The third-order valence-corrected chi connectivity index (χ3v) is 4.86. The quantitative estimate of drug-likeness (QED) is 0.782. The third-order valence-electron chi connectivity index (χ3n) is 3.43. The van der Waals surface area contributed by atoms with E-state index in [1.807, 2.05) is 18.7 Å². The lowest BCUT2D eigenvalue weighted by molar-refractivity contribution is 0.465. The average Bonchev–Trinajstić information content (AvgIpc) is 2.50. The number of aromatic nitrogens is 1. The first-order valence-electron chi connectivity index (χ1n) is 6.03. The van der Waals surface area contributed by atoms with Crippen LogP contribution >= 0.6 is 23.4 Å². The van der Waals surface area contributed by atoms with Crippen LogP contribution in [-0.2, 0) is 0 Å². The van der Waals surface area contributed by atoms with Gasteiger partial charge >= 0.3 is 0 Å². The number of halogens is 1. The van der Waals surface area contributed by atoms with E-state index in [4.69, 9.17) is 16.6 Å². The van der Waals surface area contributed by atoms with Crippen molar-refractivity contribution in [2.45, 2.75) is 24.3 Å². The van der Waals surface area contributed by atoms with Gasteiger partial charge in [-0.2, -0.15) is 0 Å². The van der Waals surface area contributed by atoms with Crippen molar-refractivity contribution in [1.82, 2.24) is 10.3 Å². The number of piperazine rings is 1. The van der Waals surface area contributed by atoms with Crippen molar-refractivity contribution in [3.05, 3.63) is 16.8 Å². The van der Waals surface area contributed by atoms with Crippen LogP contribution in [0.3, 0.4) is 0 Å². The summed E-state index contributed by atoms with van der Waals surface area (Å²) in [7, 11) is 0. The molecule has 2 aliphatic heterocycles. The zero-order chi connectivity index (χ0) is 11.8. The van der Waals surface area contributed by atoms with E-state index in [2.05, 4.69) is 16.3 Å². The molecule has 5 heteroatoms. The minimum absolute atomic E-state index is 0.588. The van der Waals surface area contributed by atoms with Crippen molar-refractivity contribution >= 4 is 29.2 Å². The Hall–Kier alpha value is -0.450. The van der Waals surface area contributed by atoms with Gasteiger partial charge in [0, 0.05) is 31.4 Å². The molecule has 1 aromatic rings. The summed E-state index contributed by atoms with van der Waals surface area (Å²) in [5.41, 5.74) is 0.935. The predicted octanol–water partition coefficient (Wildman–Crippen LogP) is 2.32. The fourth-order valence-electron chi connectivity index (χ4n) is 2.47. The molecule has 92 valence electrons. The molecule has 0 amide bonds. The summed E-state index contributed by atoms with van der Waals surface area (Å²) in [6.07, 6.45) is 1.21. The molecule has 1 N–H and O–H groups in total. The summed E-state index contributed by atoms with van der Waals surface area (Å²) in [4.78, 5) is 8.40. The summed E-state index contributed by atoms with van der Waals surface area (Å²) in [5, 5.41) is 4.25. The molecule has 0 unspecified atom stereocenters. The molecule has 1 saturated heterocycles. The zero-order valence-corrected chi connectivity index (χ0v) is 11.4. The molecule has 1 atom stereocenters. The van der Waals surface area contributed by atoms with Crippen LogP contribution in [0.15, 0.2) is 11.0 Å². The van der Waals surface area contributed by atoms with Crippen molar-refractivity contribution in [3.8, 4) is 0 Å². The van der Waals surface area contributed by atoms with Crippen LogP contribution < -0.4 is 10.2 Å². The van der Waals surface area contributed by atoms with Crippen molar-refractivity contribution in [1.29, 1.82) is 0 Å². The lowest BCUT2D eigenvalue weighted by atomic mass is 10.1. The van der Waals surface area contributed by atoms with Gasteiger partial charge in [-0.05, 0) is 19.4 Å². The first kappa shape index (κ1) is 11.6. The first-order chi connectivity index (χ1) is 8.25. The van der Waals surface area contributed by atoms with E-state index >= 15 is 0 Å². The smallest absolute Gasteiger partial charge is 0.143 e. The maximum absolute atomic E-state index is 6.17. The molecule has 3 rings (SSSR count). The van der Waals surface area contributed by atoms with Crippen molar-refractivity contribution in [2.24, 2.45) is 0 Å². The Balaban J connectivity index is 2.05. The molecule has 17 heavy (non-hydrogen) atoms. The van der Waals surface area contributed by atoms with E-state index in [0.29, 0.717) is 6.04 Å². The summed E-state index contributed by atoms with van der Waals surface area (Å²) >= 11 is 8.05. The summed E-state index contributed by atoms with van der Waals surface area (Å²) in [6, 6.07) is 2.67. The second kappa shape index (κ2) is 4.67. The topological polar surface area (TPSA) is 28.2 Å². The Morgan fingerprint density at radius 2 is 2.47 bits per heavy atom. The van der Waals surface area contributed by atoms with Gasteiger partial charge < -0.3 is 10.2 Å². The largest absolute Gasteiger partial charge is 0.350 e. The molecule has 0 spiro atoms. The number of thioether (sulfide) groups is 1. The number of aryl methyl sites for hydroxylation is 1. The lowest BCUT2D eigenvalue weighted by Crippen LogP contribution is -2.51. The molecule has 3 heterocycles. The fraction of sp³-hybridized carbons (Fsp3) is 0.583. The highest BCUT2D eigenvalue weighted by atomic mass is 35.5. The Labute approximate surface area is 111 Å². The fourth-order valence-corrected chi connectivity index (χ4v) is 3.79. The summed E-state index contributed by atoms with van der Waals surface area (Å²) in [6.45, 7) is 5.15. The maximum Gasteiger partial charge on any atom is 0.143 e. The molecule has 3 nitrogen and oxygen atoms in total. The van der Waals surface area contributed by atoms with Crippen LogP contribution in [0.4, 0.5) is 5.82 Å². The number of anilines is 1. The van der Waals surface area contributed by atoms with Crippen molar-refractivity contribution in [3.63, 3.8) is 0 Å². The predicted molar refractivity (Wildman–Crippen MR) is 73.3 cm³/mol. The Morgan fingerprint density at radius 1 is 1.59 bits per heavy atom. The van der Waals surface area contributed by atoms with E-state index in [9.17, 15) is 0 Å². The lowest BCUT2D eigenvalue weighted by Gasteiger charge is -2.36. The van der Waals surface area contributed by atoms with Crippen LogP contribution in [-0.4, -0.2) is 36.4 Å². The van der Waals surface area contributed by atoms with Crippen LogP contribution in [0.1, 0.15) is 12.1 Å². The SMILES string of the molecule is Cc1nc2c(cc1Cl)SCC[C@H]1CNCCN21. The van der Waals surface area contributed by atoms with Gasteiger partial charge in [0.15, 0.2) is 0 Å². The third kappa shape index (κ3) is 2.14. The molecule has 2 aliphatic rings. The van der Waals surface area contributed by atoms with Crippen LogP contribution in [0.25, 0.3) is 0 Å². The van der Waals surface area contributed by atoms with Gasteiger partial charge in [-0.1, -0.05) is 11.6 Å². The number of rotatable bonds is 0.